The van der Waals surface area contributed by atoms with Crippen LogP contribution in [0.4, 0.5) is 13.2 Å². The van der Waals surface area contributed by atoms with Gasteiger partial charge in [0.25, 0.3) is 5.92 Å². The lowest BCUT2D eigenvalue weighted by molar-refractivity contribution is 0.00830. The van der Waals surface area contributed by atoms with Crippen molar-refractivity contribution in [3.05, 3.63) is 35.6 Å². The van der Waals surface area contributed by atoms with Crippen LogP contribution < -0.4 is 15.2 Å². The second-order valence-electron chi connectivity index (χ2n) is 5.32. The Morgan fingerprint density at radius 1 is 1.35 bits per heavy atom. The van der Waals surface area contributed by atoms with Gasteiger partial charge in [0, 0.05) is 11.3 Å². The predicted octanol–water partition coefficient (Wildman–Crippen LogP) is 0.674. The number of hydrogen-bond acceptors (Lipinski definition) is 2. The van der Waals surface area contributed by atoms with Gasteiger partial charge >= 0.3 is 0 Å². The molecule has 1 aliphatic rings. The molecule has 0 radical (unpaired) electrons. The first-order chi connectivity index (χ1) is 9.14. The molecule has 1 fully saturated rings. The molecule has 0 spiro atoms. The van der Waals surface area contributed by atoms with E-state index in [1.807, 2.05) is 0 Å². The van der Waals surface area contributed by atoms with E-state index in [9.17, 15) is 17.4 Å². The fourth-order valence-corrected chi connectivity index (χ4v) is 4.59. The van der Waals surface area contributed by atoms with Gasteiger partial charge < -0.3 is 5.73 Å². The maximum absolute atomic E-state index is 13.8. The maximum atomic E-state index is 13.8. The molecule has 1 unspecified atom stereocenters. The summed E-state index contributed by atoms with van der Waals surface area (Å²) in [5.41, 5.74) is 5.02. The summed E-state index contributed by atoms with van der Waals surface area (Å²) in [5.74, 6) is -3.61. The lowest BCUT2D eigenvalue weighted by Gasteiger charge is -2.39. The molecule has 2 rings (SSSR count). The molecule has 4 nitrogen and oxygen atoms in total. The van der Waals surface area contributed by atoms with E-state index in [0.29, 0.717) is 0 Å². The van der Waals surface area contributed by atoms with Gasteiger partial charge in [0.2, 0.25) is 0 Å². The molecule has 20 heavy (non-hydrogen) atoms. The lowest BCUT2D eigenvalue weighted by atomic mass is 9.95. The molecule has 1 atom stereocenters. The first-order valence-electron chi connectivity index (χ1n) is 6.15. The van der Waals surface area contributed by atoms with Gasteiger partial charge in [0.1, 0.15) is 5.82 Å². The number of nitrogens with one attached hydrogen (secondary N) is 2. The maximum Gasteiger partial charge on any atom is 0.274 e. The van der Waals surface area contributed by atoms with Crippen molar-refractivity contribution in [2.45, 2.75) is 18.4 Å². The standard InChI is InChI=1S/C12H18F3N3OS/c1-11(16,9-4-2-3-5-10(9)13)8-20(19)17-6-12(14,15)7-18-20/h2-5,20H,6-8,16H2,1H3,(H2,17,18,19). The summed E-state index contributed by atoms with van der Waals surface area (Å²) in [6.07, 6.45) is 0. The zero-order chi connectivity index (χ0) is 15.0. The highest BCUT2D eigenvalue weighted by Crippen LogP contribution is 2.25. The highest BCUT2D eigenvalue weighted by molar-refractivity contribution is 7.99. The smallest absolute Gasteiger partial charge is 0.274 e. The summed E-state index contributed by atoms with van der Waals surface area (Å²) in [4.78, 5) is 0. The summed E-state index contributed by atoms with van der Waals surface area (Å²) in [5, 5.41) is 0. The number of hydrogen-bond donors (Lipinski definition) is 4. The highest BCUT2D eigenvalue weighted by Gasteiger charge is 2.40. The molecule has 0 amide bonds. The SMILES string of the molecule is CC(N)(C[SH]1(=O)NCC(F)(F)CN1)c1ccccc1F. The monoisotopic (exact) mass is 309 g/mol. The van der Waals surface area contributed by atoms with Crippen LogP contribution in [-0.4, -0.2) is 29.0 Å². The third-order valence-electron chi connectivity index (χ3n) is 3.23. The Kier molecular flexibility index (Phi) is 3.94. The molecule has 1 aromatic rings. The van der Waals surface area contributed by atoms with Crippen molar-refractivity contribution in [2.24, 2.45) is 5.73 Å². The molecule has 1 saturated heterocycles. The Morgan fingerprint density at radius 2 is 1.90 bits per heavy atom. The molecule has 4 N–H and O–H groups in total. The second kappa shape index (κ2) is 5.10. The molecule has 114 valence electrons. The zero-order valence-corrected chi connectivity index (χ0v) is 11.9. The quantitative estimate of drug-likeness (QED) is 0.620. The fraction of sp³-hybridized carbons (Fsp3) is 0.500. The minimum atomic E-state index is -3.27. The van der Waals surface area contributed by atoms with Gasteiger partial charge in [0.15, 0.2) is 0 Å². The zero-order valence-electron chi connectivity index (χ0n) is 11.0. The average molecular weight is 309 g/mol. The molecule has 1 aliphatic heterocycles. The van der Waals surface area contributed by atoms with Crippen molar-refractivity contribution in [3.63, 3.8) is 0 Å². The van der Waals surface area contributed by atoms with Crippen LogP contribution in [0.1, 0.15) is 12.5 Å². The van der Waals surface area contributed by atoms with Crippen LogP contribution in [0.3, 0.4) is 0 Å². The molecule has 1 heterocycles. The van der Waals surface area contributed by atoms with Gasteiger partial charge in [-0.1, -0.05) is 18.2 Å². The Balaban J connectivity index is 2.17. The molecule has 0 bridgehead atoms. The van der Waals surface area contributed by atoms with Crippen LogP contribution in [0.2, 0.25) is 0 Å². The average Bonchev–Trinajstić information content (AvgIpc) is 2.33. The molecule has 8 heteroatoms. The van der Waals surface area contributed by atoms with Crippen molar-refractivity contribution in [2.75, 3.05) is 18.8 Å². The van der Waals surface area contributed by atoms with Crippen LogP contribution in [0, 0.1) is 5.82 Å². The van der Waals surface area contributed by atoms with Crippen LogP contribution in [0.5, 0.6) is 0 Å². The Morgan fingerprint density at radius 3 is 2.45 bits per heavy atom. The number of rotatable bonds is 3. The topological polar surface area (TPSA) is 67.2 Å². The summed E-state index contributed by atoms with van der Waals surface area (Å²) in [6, 6.07) is 5.90. The van der Waals surface area contributed by atoms with E-state index in [-0.39, 0.29) is 11.3 Å². The lowest BCUT2D eigenvalue weighted by Crippen LogP contribution is -2.63. The van der Waals surface area contributed by atoms with E-state index in [0.717, 1.165) is 0 Å². The van der Waals surface area contributed by atoms with E-state index < -0.39 is 40.7 Å². The predicted molar refractivity (Wildman–Crippen MR) is 73.3 cm³/mol. The Hall–Kier alpha value is -0.960. The van der Waals surface area contributed by atoms with E-state index in [1.165, 1.54) is 25.1 Å². The summed E-state index contributed by atoms with van der Waals surface area (Å²) >= 11 is 0. The molecule has 0 aromatic heterocycles. The Bertz CT molecular complexity index is 537. The van der Waals surface area contributed by atoms with Crippen molar-refractivity contribution in [1.82, 2.24) is 9.44 Å². The third-order valence-corrected chi connectivity index (χ3v) is 5.67. The van der Waals surface area contributed by atoms with Gasteiger partial charge in [-0.3, -0.25) is 4.21 Å². The highest BCUT2D eigenvalue weighted by atomic mass is 32.3. The van der Waals surface area contributed by atoms with Crippen molar-refractivity contribution < 1.29 is 17.4 Å². The van der Waals surface area contributed by atoms with E-state index in [4.69, 9.17) is 5.73 Å². The van der Waals surface area contributed by atoms with Gasteiger partial charge in [0.05, 0.1) is 18.6 Å². The largest absolute Gasteiger partial charge is 0.321 e. The van der Waals surface area contributed by atoms with E-state index in [2.05, 4.69) is 9.44 Å². The summed E-state index contributed by atoms with van der Waals surface area (Å²) < 4.78 is 56.9. The first-order valence-corrected chi connectivity index (χ1v) is 8.04. The van der Waals surface area contributed by atoms with E-state index in [1.54, 1.807) is 6.07 Å². The number of halogens is 3. The second-order valence-corrected chi connectivity index (χ2v) is 7.75. The third kappa shape index (κ3) is 3.38. The normalized spacial score (nSPS) is 25.6. The number of benzene rings is 1. The molecule has 0 saturated carbocycles. The molecular formula is C12H18F3N3OS. The van der Waals surface area contributed by atoms with Gasteiger partial charge in [-0.2, -0.15) is 0 Å². The van der Waals surface area contributed by atoms with Crippen molar-refractivity contribution in [3.8, 4) is 0 Å². The van der Waals surface area contributed by atoms with Crippen molar-refractivity contribution in [1.29, 1.82) is 0 Å². The number of thiol groups is 1. The van der Waals surface area contributed by atoms with Crippen molar-refractivity contribution >= 4 is 10.3 Å². The van der Waals surface area contributed by atoms with Crippen LogP contribution in [-0.2, 0) is 15.8 Å². The number of nitrogens with two attached hydrogens (primary N) is 1. The minimum absolute atomic E-state index is 0.156. The minimum Gasteiger partial charge on any atom is -0.321 e. The van der Waals surface area contributed by atoms with Crippen LogP contribution in [0.15, 0.2) is 24.3 Å². The van der Waals surface area contributed by atoms with Gasteiger partial charge in [-0.25, -0.2) is 22.6 Å². The van der Waals surface area contributed by atoms with Gasteiger partial charge in [-0.15, -0.1) is 0 Å². The molecule has 1 aromatic carbocycles. The first kappa shape index (κ1) is 15.4. The fourth-order valence-electron chi connectivity index (χ4n) is 2.19. The summed E-state index contributed by atoms with van der Waals surface area (Å²) in [7, 11) is -3.27. The summed E-state index contributed by atoms with van der Waals surface area (Å²) in [6.45, 7) is 0.177. The molecule has 0 aliphatic carbocycles. The van der Waals surface area contributed by atoms with Crippen LogP contribution in [0.25, 0.3) is 0 Å². The van der Waals surface area contributed by atoms with E-state index >= 15 is 0 Å². The molecular weight excluding hydrogens is 291 g/mol. The van der Waals surface area contributed by atoms with Gasteiger partial charge in [-0.05, 0) is 23.3 Å². The van der Waals surface area contributed by atoms with Crippen LogP contribution >= 0.6 is 0 Å². The Labute approximate surface area is 116 Å². The number of alkyl halides is 2.